The lowest BCUT2D eigenvalue weighted by Gasteiger charge is -2.30. The van der Waals surface area contributed by atoms with Gasteiger partial charge in [-0.05, 0) is 18.2 Å². The molecule has 0 radical (unpaired) electrons. The van der Waals surface area contributed by atoms with Crippen LogP contribution in [0.15, 0.2) is 24.3 Å². The van der Waals surface area contributed by atoms with Crippen LogP contribution in [0.3, 0.4) is 0 Å². The largest absolute Gasteiger partial charge is 0.378 e. The van der Waals surface area contributed by atoms with Gasteiger partial charge in [0.2, 0.25) is 0 Å². The van der Waals surface area contributed by atoms with E-state index >= 15 is 0 Å². The van der Waals surface area contributed by atoms with Gasteiger partial charge in [-0.3, -0.25) is 4.90 Å². The fourth-order valence-electron chi connectivity index (χ4n) is 1.64. The van der Waals surface area contributed by atoms with E-state index in [0.29, 0.717) is 0 Å². The molecular formula is C10H13NO. The molecule has 0 saturated carbocycles. The van der Waals surface area contributed by atoms with Gasteiger partial charge in [0.05, 0.1) is 0 Å². The third-order valence-corrected chi connectivity index (χ3v) is 2.45. The van der Waals surface area contributed by atoms with Gasteiger partial charge in [-0.25, -0.2) is 0 Å². The molecule has 1 aliphatic heterocycles. The van der Waals surface area contributed by atoms with Crippen LogP contribution in [0.4, 0.5) is 0 Å². The van der Waals surface area contributed by atoms with Crippen LogP contribution in [0.1, 0.15) is 11.1 Å². The molecule has 2 rings (SSSR count). The van der Waals surface area contributed by atoms with Gasteiger partial charge in [0.1, 0.15) is 6.23 Å². The Morgan fingerprint density at radius 3 is 2.75 bits per heavy atom. The number of hydrogen-bond donors (Lipinski definition) is 1. The first kappa shape index (κ1) is 7.77. The molecule has 0 saturated heterocycles. The molecule has 64 valence electrons. The summed E-state index contributed by atoms with van der Waals surface area (Å²) in [7, 11) is 1.95. The molecule has 1 N–H and O–H groups in total. The first-order valence-electron chi connectivity index (χ1n) is 4.22. The highest BCUT2D eigenvalue weighted by atomic mass is 16.3. The Kier molecular flexibility index (Phi) is 1.87. The molecule has 1 aromatic rings. The number of fused-ring (bicyclic) bond motifs is 1. The van der Waals surface area contributed by atoms with Crippen LogP contribution in [-0.2, 0) is 13.0 Å². The monoisotopic (exact) mass is 163 g/mol. The summed E-state index contributed by atoms with van der Waals surface area (Å²) in [5, 5.41) is 9.55. The number of benzene rings is 1. The quantitative estimate of drug-likeness (QED) is 0.616. The molecule has 0 aliphatic carbocycles. The second-order valence-electron chi connectivity index (χ2n) is 3.37. The van der Waals surface area contributed by atoms with Crippen LogP contribution >= 0.6 is 0 Å². The fourth-order valence-corrected chi connectivity index (χ4v) is 1.64. The van der Waals surface area contributed by atoms with E-state index in [1.807, 2.05) is 24.1 Å². The molecule has 2 heteroatoms. The Hall–Kier alpha value is -0.860. The van der Waals surface area contributed by atoms with Crippen molar-refractivity contribution in [1.82, 2.24) is 4.90 Å². The summed E-state index contributed by atoms with van der Waals surface area (Å²) >= 11 is 0. The van der Waals surface area contributed by atoms with Crippen molar-refractivity contribution in [1.29, 1.82) is 0 Å². The molecule has 1 aliphatic rings. The number of nitrogens with zero attached hydrogens (tertiary/aromatic N) is 1. The van der Waals surface area contributed by atoms with E-state index in [1.54, 1.807) is 0 Å². The Bertz CT molecular complexity index is 256. The molecule has 0 aromatic heterocycles. The summed E-state index contributed by atoms with van der Waals surface area (Å²) in [5.74, 6) is 0. The molecule has 12 heavy (non-hydrogen) atoms. The average Bonchev–Trinajstić information content (AvgIpc) is 2.07. The van der Waals surface area contributed by atoms with E-state index in [9.17, 15) is 5.11 Å². The topological polar surface area (TPSA) is 23.5 Å². The van der Waals surface area contributed by atoms with Crippen molar-refractivity contribution in [3.63, 3.8) is 0 Å². The summed E-state index contributed by atoms with van der Waals surface area (Å²) in [6.45, 7) is 0.858. The second kappa shape index (κ2) is 2.88. The molecule has 0 bridgehead atoms. The van der Waals surface area contributed by atoms with Crippen molar-refractivity contribution in [3.8, 4) is 0 Å². The predicted molar refractivity (Wildman–Crippen MR) is 47.6 cm³/mol. The van der Waals surface area contributed by atoms with Gasteiger partial charge < -0.3 is 5.11 Å². The van der Waals surface area contributed by atoms with E-state index in [-0.39, 0.29) is 6.23 Å². The standard InChI is InChI=1S/C10H13NO/c1-11-7-9-5-3-2-4-8(9)6-10(11)12/h2-5,10,12H,6-7H2,1H3. The van der Waals surface area contributed by atoms with Gasteiger partial charge in [-0.1, -0.05) is 24.3 Å². The second-order valence-corrected chi connectivity index (χ2v) is 3.37. The van der Waals surface area contributed by atoms with Gasteiger partial charge in [-0.15, -0.1) is 0 Å². The van der Waals surface area contributed by atoms with Gasteiger partial charge in [0.15, 0.2) is 0 Å². The molecule has 0 fully saturated rings. The zero-order valence-corrected chi connectivity index (χ0v) is 7.20. The lowest BCUT2D eigenvalue weighted by molar-refractivity contribution is 0.00893. The summed E-state index contributed by atoms with van der Waals surface area (Å²) < 4.78 is 0. The molecular weight excluding hydrogens is 150 g/mol. The number of aliphatic hydroxyl groups excluding tert-OH is 1. The van der Waals surface area contributed by atoms with Crippen LogP contribution < -0.4 is 0 Å². The smallest absolute Gasteiger partial charge is 0.111 e. The molecule has 0 amide bonds. The van der Waals surface area contributed by atoms with Crippen LogP contribution in [0.2, 0.25) is 0 Å². The Morgan fingerprint density at radius 1 is 1.33 bits per heavy atom. The maximum absolute atomic E-state index is 9.55. The third-order valence-electron chi connectivity index (χ3n) is 2.45. The minimum Gasteiger partial charge on any atom is -0.378 e. The highest BCUT2D eigenvalue weighted by Crippen LogP contribution is 2.19. The third kappa shape index (κ3) is 1.24. The van der Waals surface area contributed by atoms with Gasteiger partial charge >= 0.3 is 0 Å². The van der Waals surface area contributed by atoms with Crippen LogP contribution in [-0.4, -0.2) is 23.3 Å². The summed E-state index contributed by atoms with van der Waals surface area (Å²) in [6, 6.07) is 8.28. The van der Waals surface area contributed by atoms with Crippen molar-refractivity contribution >= 4 is 0 Å². The molecule has 1 aromatic carbocycles. The van der Waals surface area contributed by atoms with E-state index < -0.39 is 0 Å². The summed E-state index contributed by atoms with van der Waals surface area (Å²) in [4.78, 5) is 1.96. The lowest BCUT2D eigenvalue weighted by atomic mass is 9.99. The summed E-state index contributed by atoms with van der Waals surface area (Å²) in [6.07, 6.45) is 0.451. The minimum atomic E-state index is -0.306. The van der Waals surface area contributed by atoms with E-state index in [1.165, 1.54) is 11.1 Å². The molecule has 1 heterocycles. The van der Waals surface area contributed by atoms with Crippen molar-refractivity contribution in [3.05, 3.63) is 35.4 Å². The average molecular weight is 163 g/mol. The van der Waals surface area contributed by atoms with E-state index in [2.05, 4.69) is 12.1 Å². The maximum Gasteiger partial charge on any atom is 0.111 e. The van der Waals surface area contributed by atoms with E-state index in [4.69, 9.17) is 0 Å². The molecule has 1 atom stereocenters. The van der Waals surface area contributed by atoms with Crippen molar-refractivity contribution in [2.24, 2.45) is 0 Å². The molecule has 1 unspecified atom stereocenters. The van der Waals surface area contributed by atoms with Gasteiger partial charge in [-0.2, -0.15) is 0 Å². The molecule has 0 spiro atoms. The van der Waals surface area contributed by atoms with E-state index in [0.717, 1.165) is 13.0 Å². The van der Waals surface area contributed by atoms with Crippen molar-refractivity contribution in [2.45, 2.75) is 19.2 Å². The van der Waals surface area contributed by atoms with Crippen LogP contribution in [0.5, 0.6) is 0 Å². The first-order chi connectivity index (χ1) is 5.77. The van der Waals surface area contributed by atoms with Crippen LogP contribution in [0.25, 0.3) is 0 Å². The highest BCUT2D eigenvalue weighted by Gasteiger charge is 2.19. The molecule has 2 nitrogen and oxygen atoms in total. The first-order valence-corrected chi connectivity index (χ1v) is 4.22. The number of rotatable bonds is 0. The van der Waals surface area contributed by atoms with Gasteiger partial charge in [0, 0.05) is 13.0 Å². The maximum atomic E-state index is 9.55. The lowest BCUT2D eigenvalue weighted by Crippen LogP contribution is -2.36. The number of hydrogen-bond acceptors (Lipinski definition) is 2. The van der Waals surface area contributed by atoms with Crippen LogP contribution in [0, 0.1) is 0 Å². The normalized spacial score (nSPS) is 23.7. The summed E-state index contributed by atoms with van der Waals surface area (Å²) in [5.41, 5.74) is 2.62. The Balaban J connectivity index is 2.34. The fraction of sp³-hybridized carbons (Fsp3) is 0.400. The number of aliphatic hydroxyl groups is 1. The van der Waals surface area contributed by atoms with Crippen molar-refractivity contribution in [2.75, 3.05) is 7.05 Å². The van der Waals surface area contributed by atoms with Crippen molar-refractivity contribution < 1.29 is 5.11 Å². The van der Waals surface area contributed by atoms with Gasteiger partial charge in [0.25, 0.3) is 0 Å². The SMILES string of the molecule is CN1Cc2ccccc2CC1O. The number of likely N-dealkylation sites (N-methyl/N-ethyl adjacent to an activating group) is 1. The zero-order valence-electron chi connectivity index (χ0n) is 7.20. The Labute approximate surface area is 72.4 Å². The predicted octanol–water partition coefficient (Wildman–Crippen LogP) is 0.993. The minimum absolute atomic E-state index is 0.306. The zero-order chi connectivity index (χ0) is 8.55. The Morgan fingerprint density at radius 2 is 2.00 bits per heavy atom. The highest BCUT2D eigenvalue weighted by molar-refractivity contribution is 5.29.